The van der Waals surface area contributed by atoms with Crippen molar-refractivity contribution in [1.29, 1.82) is 0 Å². The predicted octanol–water partition coefficient (Wildman–Crippen LogP) is 2.37. The first-order chi connectivity index (χ1) is 8.13. The predicted molar refractivity (Wildman–Crippen MR) is 61.7 cm³/mol. The SMILES string of the molecule is CCOC(=O)/C=C/CC(O)c1ccc(F)cc1. The van der Waals surface area contributed by atoms with E-state index in [1.54, 1.807) is 6.92 Å². The molecule has 0 aromatic heterocycles. The van der Waals surface area contributed by atoms with Crippen molar-refractivity contribution in [2.24, 2.45) is 0 Å². The van der Waals surface area contributed by atoms with Gasteiger partial charge in [0.05, 0.1) is 12.7 Å². The number of halogens is 1. The van der Waals surface area contributed by atoms with Gasteiger partial charge in [-0.1, -0.05) is 18.2 Å². The van der Waals surface area contributed by atoms with Crippen LogP contribution in [0.5, 0.6) is 0 Å². The normalized spacial score (nSPS) is 12.6. The summed E-state index contributed by atoms with van der Waals surface area (Å²) in [6, 6.07) is 5.59. The Bertz CT molecular complexity index is 384. The zero-order chi connectivity index (χ0) is 12.7. The van der Waals surface area contributed by atoms with Crippen LogP contribution in [0.25, 0.3) is 0 Å². The molecule has 0 fully saturated rings. The molecule has 0 bridgehead atoms. The smallest absolute Gasteiger partial charge is 0.330 e. The number of aliphatic hydroxyl groups excluding tert-OH is 1. The van der Waals surface area contributed by atoms with Crippen LogP contribution in [0, 0.1) is 5.82 Å². The summed E-state index contributed by atoms with van der Waals surface area (Å²) in [5.74, 6) is -0.776. The first kappa shape index (κ1) is 13.4. The van der Waals surface area contributed by atoms with Crippen molar-refractivity contribution in [3.05, 3.63) is 47.8 Å². The molecule has 4 heteroatoms. The van der Waals surface area contributed by atoms with E-state index in [1.807, 2.05) is 0 Å². The second-order valence-corrected chi connectivity index (χ2v) is 3.46. The standard InChI is InChI=1S/C13H15FO3/c1-2-17-13(16)5-3-4-12(15)10-6-8-11(14)9-7-10/h3,5-9,12,15H,2,4H2,1H3/b5-3+. The topological polar surface area (TPSA) is 46.5 Å². The Hall–Kier alpha value is -1.68. The molecular formula is C13H15FO3. The molecule has 0 saturated heterocycles. The van der Waals surface area contributed by atoms with Crippen LogP contribution >= 0.6 is 0 Å². The summed E-state index contributed by atoms with van der Waals surface area (Å²) < 4.78 is 17.3. The summed E-state index contributed by atoms with van der Waals surface area (Å²) >= 11 is 0. The molecule has 1 N–H and O–H groups in total. The number of ether oxygens (including phenoxy) is 1. The summed E-state index contributed by atoms with van der Waals surface area (Å²) in [7, 11) is 0. The molecule has 0 amide bonds. The highest BCUT2D eigenvalue weighted by molar-refractivity contribution is 5.81. The lowest BCUT2D eigenvalue weighted by atomic mass is 10.1. The fourth-order valence-corrected chi connectivity index (χ4v) is 1.30. The average Bonchev–Trinajstić information content (AvgIpc) is 2.30. The van der Waals surface area contributed by atoms with Gasteiger partial charge in [0.2, 0.25) is 0 Å². The number of aliphatic hydroxyl groups is 1. The van der Waals surface area contributed by atoms with Crippen LogP contribution in [0.15, 0.2) is 36.4 Å². The molecule has 1 unspecified atom stereocenters. The van der Waals surface area contributed by atoms with Crippen molar-refractivity contribution in [2.75, 3.05) is 6.61 Å². The highest BCUT2D eigenvalue weighted by Gasteiger charge is 2.05. The van der Waals surface area contributed by atoms with E-state index in [0.717, 1.165) is 0 Å². The van der Waals surface area contributed by atoms with Crippen LogP contribution in [-0.4, -0.2) is 17.7 Å². The highest BCUT2D eigenvalue weighted by Crippen LogP contribution is 2.17. The van der Waals surface area contributed by atoms with Crippen molar-refractivity contribution in [3.63, 3.8) is 0 Å². The van der Waals surface area contributed by atoms with Crippen molar-refractivity contribution in [1.82, 2.24) is 0 Å². The Morgan fingerprint density at radius 1 is 1.47 bits per heavy atom. The third-order valence-electron chi connectivity index (χ3n) is 2.15. The van der Waals surface area contributed by atoms with Crippen LogP contribution in [-0.2, 0) is 9.53 Å². The van der Waals surface area contributed by atoms with Gasteiger partial charge in [-0.15, -0.1) is 0 Å². The Morgan fingerprint density at radius 3 is 2.71 bits per heavy atom. The van der Waals surface area contributed by atoms with Crippen LogP contribution in [0.2, 0.25) is 0 Å². The molecule has 0 saturated carbocycles. The molecule has 1 aromatic rings. The van der Waals surface area contributed by atoms with Crippen molar-refractivity contribution in [3.8, 4) is 0 Å². The molecule has 0 heterocycles. The Kier molecular flexibility index (Phi) is 5.36. The number of carbonyl (C=O) groups is 1. The lowest BCUT2D eigenvalue weighted by Gasteiger charge is -2.07. The average molecular weight is 238 g/mol. The van der Waals surface area contributed by atoms with Gasteiger partial charge >= 0.3 is 5.97 Å². The molecule has 92 valence electrons. The molecule has 0 spiro atoms. The van der Waals surface area contributed by atoms with Gasteiger partial charge in [-0.25, -0.2) is 9.18 Å². The molecule has 1 aromatic carbocycles. The Morgan fingerprint density at radius 2 is 2.12 bits per heavy atom. The number of carbonyl (C=O) groups excluding carboxylic acids is 1. The molecule has 0 aliphatic carbocycles. The van der Waals surface area contributed by atoms with E-state index < -0.39 is 12.1 Å². The third kappa shape index (κ3) is 4.78. The second kappa shape index (κ2) is 6.81. The van der Waals surface area contributed by atoms with Gasteiger partial charge in [0.15, 0.2) is 0 Å². The third-order valence-corrected chi connectivity index (χ3v) is 2.15. The maximum absolute atomic E-state index is 12.6. The van der Waals surface area contributed by atoms with Crippen molar-refractivity contribution < 1.29 is 19.0 Å². The zero-order valence-corrected chi connectivity index (χ0v) is 9.60. The van der Waals surface area contributed by atoms with E-state index in [0.29, 0.717) is 12.2 Å². The van der Waals surface area contributed by atoms with Crippen LogP contribution in [0.3, 0.4) is 0 Å². The molecule has 17 heavy (non-hydrogen) atoms. The van der Waals surface area contributed by atoms with Gasteiger partial charge < -0.3 is 9.84 Å². The number of hydrogen-bond acceptors (Lipinski definition) is 3. The number of benzene rings is 1. The minimum atomic E-state index is -0.749. The van der Waals surface area contributed by atoms with Crippen LogP contribution in [0.1, 0.15) is 25.0 Å². The van der Waals surface area contributed by atoms with E-state index in [9.17, 15) is 14.3 Å². The molecule has 1 rings (SSSR count). The summed E-state index contributed by atoms with van der Waals surface area (Å²) in [4.78, 5) is 11.0. The van der Waals surface area contributed by atoms with E-state index in [2.05, 4.69) is 4.74 Å². The van der Waals surface area contributed by atoms with Crippen LogP contribution in [0.4, 0.5) is 4.39 Å². The number of hydrogen-bond donors (Lipinski definition) is 1. The van der Waals surface area contributed by atoms with Crippen molar-refractivity contribution in [2.45, 2.75) is 19.4 Å². The second-order valence-electron chi connectivity index (χ2n) is 3.46. The molecule has 0 aliphatic heterocycles. The summed E-state index contributed by atoms with van der Waals surface area (Å²) in [5.41, 5.74) is 0.611. The van der Waals surface area contributed by atoms with Gasteiger partial charge in [-0.3, -0.25) is 0 Å². The monoisotopic (exact) mass is 238 g/mol. The first-order valence-electron chi connectivity index (χ1n) is 5.40. The minimum absolute atomic E-state index is 0.282. The van der Waals surface area contributed by atoms with E-state index in [-0.39, 0.29) is 12.2 Å². The molecular weight excluding hydrogens is 223 g/mol. The summed E-state index contributed by atoms with van der Waals surface area (Å²) in [6.07, 6.45) is 2.34. The van der Waals surface area contributed by atoms with Gasteiger partial charge in [0, 0.05) is 6.08 Å². The minimum Gasteiger partial charge on any atom is -0.463 e. The summed E-state index contributed by atoms with van der Waals surface area (Å²) in [5, 5.41) is 9.73. The summed E-state index contributed by atoms with van der Waals surface area (Å²) in [6.45, 7) is 2.04. The van der Waals surface area contributed by atoms with Gasteiger partial charge in [-0.2, -0.15) is 0 Å². The lowest BCUT2D eigenvalue weighted by Crippen LogP contribution is -2.00. The van der Waals surface area contributed by atoms with Crippen LogP contribution < -0.4 is 0 Å². The Balaban J connectivity index is 2.47. The molecule has 0 aliphatic rings. The number of rotatable bonds is 5. The maximum Gasteiger partial charge on any atom is 0.330 e. The van der Waals surface area contributed by atoms with Gasteiger partial charge in [-0.05, 0) is 31.0 Å². The number of esters is 1. The van der Waals surface area contributed by atoms with Gasteiger partial charge in [0.25, 0.3) is 0 Å². The fourth-order valence-electron chi connectivity index (χ4n) is 1.30. The molecule has 3 nitrogen and oxygen atoms in total. The first-order valence-corrected chi connectivity index (χ1v) is 5.40. The molecule has 0 radical (unpaired) electrons. The molecule has 1 atom stereocenters. The zero-order valence-electron chi connectivity index (χ0n) is 9.60. The quantitative estimate of drug-likeness (QED) is 0.632. The largest absolute Gasteiger partial charge is 0.463 e. The van der Waals surface area contributed by atoms with E-state index >= 15 is 0 Å². The van der Waals surface area contributed by atoms with E-state index in [1.165, 1.54) is 36.4 Å². The van der Waals surface area contributed by atoms with Gasteiger partial charge in [0.1, 0.15) is 5.82 Å². The maximum atomic E-state index is 12.6. The Labute approximate surface area is 99.5 Å². The lowest BCUT2D eigenvalue weighted by molar-refractivity contribution is -0.137. The van der Waals surface area contributed by atoms with Crippen molar-refractivity contribution >= 4 is 5.97 Å². The highest BCUT2D eigenvalue weighted by atomic mass is 19.1. The van der Waals surface area contributed by atoms with E-state index in [4.69, 9.17) is 0 Å². The fraction of sp³-hybridized carbons (Fsp3) is 0.308.